The Hall–Kier alpha value is -2.94. The van der Waals surface area contributed by atoms with E-state index in [1.165, 1.54) is 6.92 Å². The molecule has 1 saturated heterocycles. The number of nitrogens with one attached hydrogen (secondary N) is 1. The Kier molecular flexibility index (Phi) is 5.23. The van der Waals surface area contributed by atoms with Crippen molar-refractivity contribution in [3.05, 3.63) is 36.0 Å². The molecule has 1 aliphatic heterocycles. The summed E-state index contributed by atoms with van der Waals surface area (Å²) in [6.45, 7) is 5.29. The molecule has 1 amide bonds. The first kappa shape index (κ1) is 20.3. The van der Waals surface area contributed by atoms with E-state index < -0.39 is 11.7 Å². The number of pyridine rings is 1. The topological polar surface area (TPSA) is 81.9 Å². The van der Waals surface area contributed by atoms with Crippen molar-refractivity contribution in [1.82, 2.24) is 19.5 Å². The van der Waals surface area contributed by atoms with Crippen LogP contribution in [0.5, 0.6) is 0 Å². The third kappa shape index (κ3) is 3.89. The van der Waals surface area contributed by atoms with Crippen molar-refractivity contribution in [2.75, 3.05) is 18.5 Å². The summed E-state index contributed by atoms with van der Waals surface area (Å²) in [7, 11) is 0. The lowest BCUT2D eigenvalue weighted by Crippen LogP contribution is -2.14. The van der Waals surface area contributed by atoms with Crippen LogP contribution in [0.2, 0.25) is 0 Å². The predicted octanol–water partition coefficient (Wildman–Crippen LogP) is 4.09. The minimum Gasteiger partial charge on any atom is -0.379 e. The van der Waals surface area contributed by atoms with E-state index in [2.05, 4.69) is 24.8 Å². The average Bonchev–Trinajstić information content (AvgIpc) is 3.34. The van der Waals surface area contributed by atoms with Gasteiger partial charge in [-0.2, -0.15) is 8.78 Å². The van der Waals surface area contributed by atoms with Gasteiger partial charge in [-0.15, -0.1) is 0 Å². The van der Waals surface area contributed by atoms with Crippen LogP contribution in [0.1, 0.15) is 44.8 Å². The van der Waals surface area contributed by atoms with Gasteiger partial charge in [0.05, 0.1) is 30.1 Å². The van der Waals surface area contributed by atoms with E-state index in [9.17, 15) is 13.6 Å². The number of hydrogen-bond acceptors (Lipinski definition) is 5. The van der Waals surface area contributed by atoms with Gasteiger partial charge in [0, 0.05) is 43.3 Å². The third-order valence-corrected chi connectivity index (χ3v) is 5.13. The van der Waals surface area contributed by atoms with Gasteiger partial charge in [-0.05, 0) is 25.0 Å². The number of nitrogens with zero attached hydrogens (tertiary/aromatic N) is 4. The number of fused-ring (bicyclic) bond motifs is 1. The molecule has 4 heterocycles. The summed E-state index contributed by atoms with van der Waals surface area (Å²) in [5, 5.41) is 3.45. The van der Waals surface area contributed by atoms with E-state index in [1.807, 2.05) is 13.1 Å². The highest BCUT2D eigenvalue weighted by Gasteiger charge is 2.30. The molecule has 1 aliphatic rings. The summed E-state index contributed by atoms with van der Waals surface area (Å²) in [5.41, 5.74) is 2.48. The smallest absolute Gasteiger partial charge is 0.303 e. The first-order chi connectivity index (χ1) is 14.3. The van der Waals surface area contributed by atoms with Gasteiger partial charge >= 0.3 is 5.92 Å². The number of rotatable bonds is 5. The molecule has 4 rings (SSSR count). The zero-order valence-corrected chi connectivity index (χ0v) is 17.1. The van der Waals surface area contributed by atoms with Crippen LogP contribution < -0.4 is 5.32 Å². The van der Waals surface area contributed by atoms with E-state index in [0.717, 1.165) is 24.2 Å². The molecule has 0 bridgehead atoms. The van der Waals surface area contributed by atoms with Crippen LogP contribution in [0.3, 0.4) is 0 Å². The molecular formula is C21H23F2N5O2. The van der Waals surface area contributed by atoms with Gasteiger partial charge in [-0.3, -0.25) is 4.79 Å². The predicted molar refractivity (Wildman–Crippen MR) is 108 cm³/mol. The van der Waals surface area contributed by atoms with Crippen molar-refractivity contribution in [3.8, 4) is 11.3 Å². The highest BCUT2D eigenvalue weighted by atomic mass is 19.3. The maximum Gasteiger partial charge on any atom is 0.303 e. The number of alkyl halides is 2. The van der Waals surface area contributed by atoms with E-state index in [1.54, 1.807) is 18.3 Å². The van der Waals surface area contributed by atoms with Crippen molar-refractivity contribution in [3.63, 3.8) is 0 Å². The van der Waals surface area contributed by atoms with E-state index in [-0.39, 0.29) is 11.9 Å². The molecule has 0 radical (unpaired) electrons. The monoisotopic (exact) mass is 415 g/mol. The normalized spacial score (nSPS) is 16.9. The molecule has 1 fully saturated rings. The van der Waals surface area contributed by atoms with Crippen molar-refractivity contribution < 1.29 is 18.3 Å². The fourth-order valence-electron chi connectivity index (χ4n) is 3.66. The number of anilines is 1. The standard InChI is InChI=1S/C21H23F2N5O2/c1-4-13-7-17(27-20(26-13)21(3,22)23)16-10-28(14-5-6-30-11-14)18-9-24-19(8-15(16)18)25-12(2)29/h7-10,14H,4-6,11H2,1-3H3,(H,24,25,29). The molecule has 3 aromatic heterocycles. The van der Waals surface area contributed by atoms with Crippen LogP contribution in [0.4, 0.5) is 14.6 Å². The minimum absolute atomic E-state index is 0.120. The van der Waals surface area contributed by atoms with Crippen LogP contribution in [0.15, 0.2) is 24.5 Å². The Morgan fingerprint density at radius 3 is 2.80 bits per heavy atom. The molecule has 0 aromatic carbocycles. The Labute approximate surface area is 172 Å². The molecule has 0 spiro atoms. The molecule has 158 valence electrons. The molecule has 0 saturated carbocycles. The van der Waals surface area contributed by atoms with Crippen molar-refractivity contribution >= 4 is 22.6 Å². The number of ether oxygens (including phenoxy) is 1. The second kappa shape index (κ2) is 7.71. The third-order valence-electron chi connectivity index (χ3n) is 5.13. The minimum atomic E-state index is -3.15. The number of aromatic nitrogens is 4. The van der Waals surface area contributed by atoms with Crippen molar-refractivity contribution in [2.24, 2.45) is 0 Å². The van der Waals surface area contributed by atoms with Crippen LogP contribution in [0.25, 0.3) is 22.2 Å². The largest absolute Gasteiger partial charge is 0.379 e. The first-order valence-electron chi connectivity index (χ1n) is 9.88. The van der Waals surface area contributed by atoms with Crippen molar-refractivity contribution in [2.45, 2.75) is 45.6 Å². The molecule has 1 N–H and O–H groups in total. The SMILES string of the molecule is CCc1cc(-c2cn(C3CCOC3)c3cnc(NC(C)=O)cc23)nc(C(C)(F)F)n1. The number of carbonyl (C=O) groups excluding carboxylic acids is 1. The number of amides is 1. The molecule has 30 heavy (non-hydrogen) atoms. The van der Waals surface area contributed by atoms with Gasteiger partial charge in [0.15, 0.2) is 5.82 Å². The first-order valence-corrected chi connectivity index (χ1v) is 9.88. The van der Waals surface area contributed by atoms with E-state index >= 15 is 0 Å². The highest BCUT2D eigenvalue weighted by Crippen LogP contribution is 2.36. The Morgan fingerprint density at radius 1 is 1.37 bits per heavy atom. The molecular weight excluding hydrogens is 392 g/mol. The van der Waals surface area contributed by atoms with Crippen molar-refractivity contribution in [1.29, 1.82) is 0 Å². The molecule has 7 nitrogen and oxygen atoms in total. The van der Waals surface area contributed by atoms with E-state index in [0.29, 0.717) is 42.4 Å². The molecule has 3 aromatic rings. The summed E-state index contributed by atoms with van der Waals surface area (Å²) in [4.78, 5) is 24.0. The number of hydrogen-bond donors (Lipinski definition) is 1. The lowest BCUT2D eigenvalue weighted by atomic mass is 10.1. The Balaban J connectivity index is 1.94. The molecule has 1 atom stereocenters. The average molecular weight is 415 g/mol. The summed E-state index contributed by atoms with van der Waals surface area (Å²) < 4.78 is 35.7. The number of halogens is 2. The summed E-state index contributed by atoms with van der Waals surface area (Å²) in [6, 6.07) is 3.60. The van der Waals surface area contributed by atoms with E-state index in [4.69, 9.17) is 4.74 Å². The maximum atomic E-state index is 14.0. The van der Waals surface area contributed by atoms with Crippen LogP contribution in [-0.2, 0) is 21.9 Å². The summed E-state index contributed by atoms with van der Waals surface area (Å²) in [5.74, 6) is -3.50. The number of carbonyl (C=O) groups is 1. The molecule has 9 heteroatoms. The van der Waals surface area contributed by atoms with Gasteiger partial charge in [0.2, 0.25) is 5.91 Å². The maximum absolute atomic E-state index is 14.0. The van der Waals surface area contributed by atoms with Crippen LogP contribution in [-0.4, -0.2) is 38.6 Å². The van der Waals surface area contributed by atoms with Gasteiger partial charge in [-0.25, -0.2) is 15.0 Å². The Bertz CT molecular complexity index is 1100. The van der Waals surface area contributed by atoms with Gasteiger partial charge in [-0.1, -0.05) is 6.92 Å². The van der Waals surface area contributed by atoms with Gasteiger partial charge in [0.1, 0.15) is 5.82 Å². The lowest BCUT2D eigenvalue weighted by Gasteiger charge is -2.12. The zero-order chi connectivity index (χ0) is 21.5. The fourth-order valence-corrected chi connectivity index (χ4v) is 3.66. The fraction of sp³-hybridized carbons (Fsp3) is 0.429. The number of aryl methyl sites for hydroxylation is 1. The highest BCUT2D eigenvalue weighted by molar-refractivity contribution is 5.98. The Morgan fingerprint density at radius 2 is 2.17 bits per heavy atom. The summed E-state index contributed by atoms with van der Waals surface area (Å²) in [6.07, 6.45) is 4.94. The second-order valence-electron chi connectivity index (χ2n) is 7.55. The summed E-state index contributed by atoms with van der Waals surface area (Å²) >= 11 is 0. The van der Waals surface area contributed by atoms with Gasteiger partial charge in [0.25, 0.3) is 0 Å². The quantitative estimate of drug-likeness (QED) is 0.679. The molecule has 1 unspecified atom stereocenters. The van der Waals surface area contributed by atoms with Crippen LogP contribution in [0, 0.1) is 0 Å². The van der Waals surface area contributed by atoms with Gasteiger partial charge < -0.3 is 14.6 Å². The molecule has 0 aliphatic carbocycles. The van der Waals surface area contributed by atoms with Crippen LogP contribution >= 0.6 is 0 Å². The second-order valence-corrected chi connectivity index (χ2v) is 7.55. The zero-order valence-electron chi connectivity index (χ0n) is 17.1. The lowest BCUT2D eigenvalue weighted by molar-refractivity contribution is -0.114.